The Morgan fingerprint density at radius 1 is 1.47 bits per heavy atom. The third kappa shape index (κ3) is 3.31. The maximum Gasteiger partial charge on any atom is 0.433 e. The number of nitrogens with zero attached hydrogens (tertiary/aromatic N) is 1. The summed E-state index contributed by atoms with van der Waals surface area (Å²) in [5.41, 5.74) is 3.69. The summed E-state index contributed by atoms with van der Waals surface area (Å²) in [5.74, 6) is -1.19. The van der Waals surface area contributed by atoms with Gasteiger partial charge in [0.25, 0.3) is 5.91 Å². The van der Waals surface area contributed by atoms with Crippen molar-refractivity contribution in [2.24, 2.45) is 5.73 Å². The summed E-state index contributed by atoms with van der Waals surface area (Å²) in [4.78, 5) is 14.2. The highest BCUT2D eigenvalue weighted by Crippen LogP contribution is 2.29. The number of carbonyl (C=O) groups is 1. The second-order valence-corrected chi connectivity index (χ2v) is 3.11. The van der Waals surface area contributed by atoms with E-state index >= 15 is 0 Å². The molecule has 0 unspecified atom stereocenters. The summed E-state index contributed by atoms with van der Waals surface area (Å²) in [6, 6.07) is 1.61. The fourth-order valence-electron chi connectivity index (χ4n) is 1.12. The summed E-state index contributed by atoms with van der Waals surface area (Å²) in [5, 5.41) is 11.0. The average Bonchev–Trinajstić information content (AvgIpc) is 2.24. The third-order valence-corrected chi connectivity index (χ3v) is 1.86. The van der Waals surface area contributed by atoms with E-state index < -0.39 is 17.8 Å². The molecule has 0 aliphatic carbocycles. The number of aliphatic hydroxyl groups excluding tert-OH is 1. The van der Waals surface area contributed by atoms with Crippen molar-refractivity contribution in [3.63, 3.8) is 0 Å². The zero-order valence-electron chi connectivity index (χ0n) is 8.58. The molecule has 0 aliphatic rings. The SMILES string of the molecule is NC(=O)c1ccc(C(F)(F)F)nc1NCCO. The van der Waals surface area contributed by atoms with Gasteiger partial charge in [-0.15, -0.1) is 0 Å². The van der Waals surface area contributed by atoms with Crippen LogP contribution < -0.4 is 11.1 Å². The molecule has 0 saturated heterocycles. The van der Waals surface area contributed by atoms with Gasteiger partial charge in [-0.3, -0.25) is 4.79 Å². The average molecular weight is 249 g/mol. The Morgan fingerprint density at radius 3 is 2.59 bits per heavy atom. The van der Waals surface area contributed by atoms with Crippen molar-refractivity contribution in [2.45, 2.75) is 6.18 Å². The number of hydrogen-bond acceptors (Lipinski definition) is 4. The number of aromatic nitrogens is 1. The molecule has 8 heteroatoms. The van der Waals surface area contributed by atoms with Crippen LogP contribution in [-0.2, 0) is 6.18 Å². The predicted octanol–water partition coefficient (Wildman–Crippen LogP) is 0.603. The van der Waals surface area contributed by atoms with Gasteiger partial charge in [0.1, 0.15) is 11.5 Å². The summed E-state index contributed by atoms with van der Waals surface area (Å²) < 4.78 is 37.1. The van der Waals surface area contributed by atoms with Gasteiger partial charge in [0, 0.05) is 6.54 Å². The Balaban J connectivity index is 3.14. The van der Waals surface area contributed by atoms with Crippen molar-refractivity contribution >= 4 is 11.7 Å². The monoisotopic (exact) mass is 249 g/mol. The summed E-state index contributed by atoms with van der Waals surface area (Å²) in [6.45, 7) is -0.343. The standard InChI is InChI=1S/C9H10F3N3O2/c10-9(11,12)6-2-1-5(7(13)17)8(15-6)14-3-4-16/h1-2,16H,3-4H2,(H2,13,17)(H,14,15). The summed E-state index contributed by atoms with van der Waals surface area (Å²) in [6.07, 6.45) is -4.61. The minimum absolute atomic E-state index is 0.0331. The first-order valence-electron chi connectivity index (χ1n) is 4.59. The molecule has 1 aromatic rings. The molecule has 0 aliphatic heterocycles. The molecule has 1 aromatic heterocycles. The van der Waals surface area contributed by atoms with E-state index in [1.54, 1.807) is 0 Å². The van der Waals surface area contributed by atoms with Gasteiger partial charge in [-0.1, -0.05) is 0 Å². The molecule has 5 nitrogen and oxygen atoms in total. The van der Waals surface area contributed by atoms with E-state index in [9.17, 15) is 18.0 Å². The molecule has 4 N–H and O–H groups in total. The lowest BCUT2D eigenvalue weighted by molar-refractivity contribution is -0.141. The third-order valence-electron chi connectivity index (χ3n) is 1.86. The highest BCUT2D eigenvalue weighted by atomic mass is 19.4. The molecule has 1 amide bonds. The highest BCUT2D eigenvalue weighted by Gasteiger charge is 2.33. The van der Waals surface area contributed by atoms with Crippen molar-refractivity contribution < 1.29 is 23.1 Å². The largest absolute Gasteiger partial charge is 0.433 e. The zero-order valence-corrected chi connectivity index (χ0v) is 8.58. The molecule has 0 bridgehead atoms. The van der Waals surface area contributed by atoms with Gasteiger partial charge in [0.05, 0.1) is 12.2 Å². The molecule has 17 heavy (non-hydrogen) atoms. The first-order valence-corrected chi connectivity index (χ1v) is 4.59. The van der Waals surface area contributed by atoms with Gasteiger partial charge in [0.15, 0.2) is 0 Å². The highest BCUT2D eigenvalue weighted by molar-refractivity contribution is 5.97. The van der Waals surface area contributed by atoms with E-state index in [0.29, 0.717) is 6.07 Å². The second-order valence-electron chi connectivity index (χ2n) is 3.11. The van der Waals surface area contributed by atoms with Crippen molar-refractivity contribution in [3.05, 3.63) is 23.4 Å². The lowest BCUT2D eigenvalue weighted by atomic mass is 10.2. The number of alkyl halides is 3. The minimum Gasteiger partial charge on any atom is -0.395 e. The van der Waals surface area contributed by atoms with Crippen LogP contribution in [-0.4, -0.2) is 29.1 Å². The van der Waals surface area contributed by atoms with Crippen LogP contribution in [0.1, 0.15) is 16.1 Å². The smallest absolute Gasteiger partial charge is 0.395 e. The van der Waals surface area contributed by atoms with Crippen molar-refractivity contribution in [2.75, 3.05) is 18.5 Å². The Kier molecular flexibility index (Phi) is 3.89. The van der Waals surface area contributed by atoms with E-state index in [4.69, 9.17) is 10.8 Å². The number of nitrogens with two attached hydrogens (primary N) is 1. The normalized spacial score (nSPS) is 11.3. The molecule has 0 spiro atoms. The van der Waals surface area contributed by atoms with Crippen LogP contribution in [0.4, 0.5) is 19.0 Å². The summed E-state index contributed by atoms with van der Waals surface area (Å²) >= 11 is 0. The van der Waals surface area contributed by atoms with E-state index in [1.807, 2.05) is 0 Å². The van der Waals surface area contributed by atoms with Crippen LogP contribution >= 0.6 is 0 Å². The Bertz CT molecular complexity index is 420. The molecule has 1 heterocycles. The maximum atomic E-state index is 12.4. The molecule has 0 saturated carbocycles. The van der Waals surface area contributed by atoms with Crippen LogP contribution in [0.25, 0.3) is 0 Å². The number of nitrogens with one attached hydrogen (secondary N) is 1. The Morgan fingerprint density at radius 2 is 2.12 bits per heavy atom. The fourth-order valence-corrected chi connectivity index (χ4v) is 1.12. The molecule has 1 rings (SSSR count). The molecule has 0 aromatic carbocycles. The van der Waals surface area contributed by atoms with Gasteiger partial charge < -0.3 is 16.2 Å². The van der Waals surface area contributed by atoms with Gasteiger partial charge >= 0.3 is 6.18 Å². The predicted molar refractivity (Wildman–Crippen MR) is 53.3 cm³/mol. The second kappa shape index (κ2) is 5.00. The van der Waals surface area contributed by atoms with E-state index in [2.05, 4.69) is 10.3 Å². The maximum absolute atomic E-state index is 12.4. The lowest BCUT2D eigenvalue weighted by Gasteiger charge is -2.11. The minimum atomic E-state index is -4.61. The first kappa shape index (κ1) is 13.2. The van der Waals surface area contributed by atoms with Gasteiger partial charge in [-0.05, 0) is 12.1 Å². The number of anilines is 1. The van der Waals surface area contributed by atoms with E-state index in [-0.39, 0.29) is 24.5 Å². The molecule has 0 atom stereocenters. The van der Waals surface area contributed by atoms with Gasteiger partial charge in [0.2, 0.25) is 0 Å². The van der Waals surface area contributed by atoms with Crippen LogP contribution in [0.15, 0.2) is 12.1 Å². The molecule has 0 radical (unpaired) electrons. The number of primary amides is 1. The zero-order chi connectivity index (χ0) is 13.1. The first-order chi connectivity index (χ1) is 7.86. The quantitative estimate of drug-likeness (QED) is 0.729. The fraction of sp³-hybridized carbons (Fsp3) is 0.333. The summed E-state index contributed by atoms with van der Waals surface area (Å²) in [7, 11) is 0. The van der Waals surface area contributed by atoms with Crippen molar-refractivity contribution in [3.8, 4) is 0 Å². The Hall–Kier alpha value is -1.83. The van der Waals surface area contributed by atoms with Crippen LogP contribution in [0.5, 0.6) is 0 Å². The number of rotatable bonds is 4. The number of amides is 1. The molecule has 94 valence electrons. The Labute approximate surface area is 94.5 Å². The van der Waals surface area contributed by atoms with Crippen LogP contribution in [0.3, 0.4) is 0 Å². The molecule has 0 fully saturated rings. The van der Waals surface area contributed by atoms with Crippen molar-refractivity contribution in [1.82, 2.24) is 4.98 Å². The van der Waals surface area contributed by atoms with Crippen LogP contribution in [0, 0.1) is 0 Å². The van der Waals surface area contributed by atoms with E-state index in [1.165, 1.54) is 0 Å². The number of aliphatic hydroxyl groups is 1. The van der Waals surface area contributed by atoms with Gasteiger partial charge in [-0.2, -0.15) is 13.2 Å². The number of pyridine rings is 1. The topological polar surface area (TPSA) is 88.2 Å². The van der Waals surface area contributed by atoms with Gasteiger partial charge in [-0.25, -0.2) is 4.98 Å². The molecular formula is C9H10F3N3O2. The number of halogens is 3. The van der Waals surface area contributed by atoms with E-state index in [0.717, 1.165) is 6.07 Å². The van der Waals surface area contributed by atoms with Crippen molar-refractivity contribution in [1.29, 1.82) is 0 Å². The van der Waals surface area contributed by atoms with Crippen LogP contribution in [0.2, 0.25) is 0 Å². The lowest BCUT2D eigenvalue weighted by Crippen LogP contribution is -2.19. The number of carbonyl (C=O) groups excluding carboxylic acids is 1. The molecular weight excluding hydrogens is 239 g/mol. The number of hydrogen-bond donors (Lipinski definition) is 3.